The predicted octanol–water partition coefficient (Wildman–Crippen LogP) is 4.73. The number of fused-ring (bicyclic) bond motifs is 1. The number of aromatic nitrogens is 3. The van der Waals surface area contributed by atoms with Crippen molar-refractivity contribution in [1.82, 2.24) is 19.3 Å². The Morgan fingerprint density at radius 1 is 1.19 bits per heavy atom. The highest BCUT2D eigenvalue weighted by Crippen LogP contribution is 2.38. The summed E-state index contributed by atoms with van der Waals surface area (Å²) in [5.41, 5.74) is 1.64. The number of hydrogen-bond acceptors (Lipinski definition) is 6. The van der Waals surface area contributed by atoms with Gasteiger partial charge >= 0.3 is 0 Å². The van der Waals surface area contributed by atoms with Crippen LogP contribution in [0.2, 0.25) is 0 Å². The molecule has 3 heterocycles. The molecule has 36 heavy (non-hydrogen) atoms. The summed E-state index contributed by atoms with van der Waals surface area (Å²) in [6.07, 6.45) is 4.77. The zero-order valence-corrected chi connectivity index (χ0v) is 19.7. The molecule has 9 heteroatoms. The fourth-order valence-corrected chi connectivity index (χ4v) is 4.47. The van der Waals surface area contributed by atoms with Gasteiger partial charge in [-0.25, -0.2) is 9.97 Å². The average molecular weight is 487 g/mol. The van der Waals surface area contributed by atoms with E-state index in [1.54, 1.807) is 52.8 Å². The van der Waals surface area contributed by atoms with Crippen molar-refractivity contribution in [2.75, 3.05) is 13.7 Å². The minimum Gasteiger partial charge on any atom is -0.494 e. The van der Waals surface area contributed by atoms with Crippen LogP contribution >= 0.6 is 0 Å². The first kappa shape index (κ1) is 23.2. The summed E-state index contributed by atoms with van der Waals surface area (Å²) in [4.78, 5) is 23.2. The van der Waals surface area contributed by atoms with Crippen molar-refractivity contribution in [2.24, 2.45) is 0 Å². The first-order chi connectivity index (χ1) is 17.5. The van der Waals surface area contributed by atoms with Gasteiger partial charge in [0.2, 0.25) is 11.7 Å². The van der Waals surface area contributed by atoms with Crippen LogP contribution in [0.15, 0.2) is 54.9 Å². The molecule has 182 valence electrons. The number of halogens is 1. The van der Waals surface area contributed by atoms with Gasteiger partial charge in [-0.05, 0) is 62.1 Å². The van der Waals surface area contributed by atoms with Gasteiger partial charge in [0.15, 0.2) is 11.5 Å². The normalized spacial score (nSPS) is 15.0. The van der Waals surface area contributed by atoms with Crippen LogP contribution in [0.25, 0.3) is 16.8 Å². The Kier molecular flexibility index (Phi) is 6.17. The summed E-state index contributed by atoms with van der Waals surface area (Å²) in [6, 6.07) is 11.3. The summed E-state index contributed by atoms with van der Waals surface area (Å²) in [5.74, 6) is 5.45. The van der Waals surface area contributed by atoms with Gasteiger partial charge in [0.05, 0.1) is 13.2 Å². The molecule has 0 spiro atoms. The molecule has 2 aromatic heterocycles. The number of amides is 1. The number of imidazole rings is 1. The predicted molar refractivity (Wildman–Crippen MR) is 130 cm³/mol. The molecule has 8 nitrogen and oxygen atoms in total. The zero-order valence-electron chi connectivity index (χ0n) is 19.7. The number of carbonyl (C=O) groups excluding carboxylic acids is 1. The topological polar surface area (TPSA) is 89.2 Å². The molecule has 1 N–H and O–H groups in total. The second-order valence-electron chi connectivity index (χ2n) is 8.22. The quantitative estimate of drug-likeness (QED) is 0.411. The molecule has 2 aromatic carbocycles. The van der Waals surface area contributed by atoms with E-state index < -0.39 is 5.82 Å². The van der Waals surface area contributed by atoms with Gasteiger partial charge in [-0.3, -0.25) is 9.20 Å². The molecule has 1 atom stereocenters. The van der Waals surface area contributed by atoms with E-state index in [1.165, 1.54) is 25.4 Å². The molecule has 1 amide bonds. The minimum absolute atomic E-state index is 0.0415. The highest BCUT2D eigenvalue weighted by atomic mass is 19.1. The highest BCUT2D eigenvalue weighted by molar-refractivity contribution is 5.94. The van der Waals surface area contributed by atoms with Crippen molar-refractivity contribution in [2.45, 2.75) is 25.8 Å². The summed E-state index contributed by atoms with van der Waals surface area (Å²) in [6.45, 7) is 2.22. The van der Waals surface area contributed by atoms with Crippen LogP contribution in [0.3, 0.4) is 0 Å². The number of nitrogens with zero attached hydrogens (tertiary/aromatic N) is 4. The second kappa shape index (κ2) is 9.58. The van der Waals surface area contributed by atoms with Crippen LogP contribution in [-0.4, -0.2) is 43.9 Å². The maximum Gasteiger partial charge on any atom is 0.299 e. The molecule has 1 saturated heterocycles. The van der Waals surface area contributed by atoms with Gasteiger partial charge < -0.3 is 19.5 Å². The molecule has 0 saturated carbocycles. The third kappa shape index (κ3) is 4.07. The Balaban J connectivity index is 1.52. The highest BCUT2D eigenvalue weighted by Gasteiger charge is 2.33. The Bertz CT molecular complexity index is 1500. The van der Waals surface area contributed by atoms with E-state index in [9.17, 15) is 14.3 Å². The zero-order chi connectivity index (χ0) is 25.2. The number of methoxy groups -OCH3 is 1. The van der Waals surface area contributed by atoms with Gasteiger partial charge in [0, 0.05) is 24.5 Å². The van der Waals surface area contributed by atoms with E-state index in [0.717, 1.165) is 12.8 Å². The molecule has 0 radical (unpaired) electrons. The molecule has 1 unspecified atom stereocenters. The fourth-order valence-electron chi connectivity index (χ4n) is 4.47. The largest absolute Gasteiger partial charge is 0.494 e. The second-order valence-corrected chi connectivity index (χ2v) is 8.22. The Hall–Kier alpha value is -4.58. The number of carbonyl (C=O) groups is 1. The molecule has 5 rings (SSSR count). The number of likely N-dealkylation sites (tertiary alicyclic amines) is 1. The average Bonchev–Trinajstić information content (AvgIpc) is 3.52. The van der Waals surface area contributed by atoms with E-state index in [0.29, 0.717) is 34.9 Å². The van der Waals surface area contributed by atoms with Crippen molar-refractivity contribution in [3.63, 3.8) is 0 Å². The summed E-state index contributed by atoms with van der Waals surface area (Å²) in [5, 5.41) is 10.6. The number of rotatable bonds is 5. The maximum atomic E-state index is 14.5. The van der Waals surface area contributed by atoms with E-state index in [1.807, 2.05) is 0 Å². The smallest absolute Gasteiger partial charge is 0.299 e. The number of benzene rings is 2. The third-order valence-electron chi connectivity index (χ3n) is 6.11. The molecule has 1 aliphatic heterocycles. The van der Waals surface area contributed by atoms with Gasteiger partial charge in [-0.2, -0.15) is 4.39 Å². The van der Waals surface area contributed by atoms with Crippen LogP contribution in [-0.2, 0) is 4.79 Å². The van der Waals surface area contributed by atoms with Crippen LogP contribution in [0.1, 0.15) is 31.6 Å². The summed E-state index contributed by atoms with van der Waals surface area (Å²) < 4.78 is 27.0. The van der Waals surface area contributed by atoms with Crippen molar-refractivity contribution >= 4 is 11.4 Å². The molecule has 4 aromatic rings. The van der Waals surface area contributed by atoms with Gasteiger partial charge in [0.25, 0.3) is 5.91 Å². The van der Waals surface area contributed by atoms with Crippen LogP contribution in [0, 0.1) is 17.7 Å². The molecule has 1 fully saturated rings. The number of aromatic hydroxyl groups is 1. The van der Waals surface area contributed by atoms with Gasteiger partial charge in [0.1, 0.15) is 22.8 Å². The number of hydrogen-bond donors (Lipinski definition) is 1. The Morgan fingerprint density at radius 3 is 2.72 bits per heavy atom. The third-order valence-corrected chi connectivity index (χ3v) is 6.11. The lowest BCUT2D eigenvalue weighted by atomic mass is 10.1. The van der Waals surface area contributed by atoms with Crippen LogP contribution in [0.5, 0.6) is 23.1 Å². The van der Waals surface area contributed by atoms with E-state index in [4.69, 9.17) is 14.5 Å². The Labute approximate surface area is 206 Å². The summed E-state index contributed by atoms with van der Waals surface area (Å²) >= 11 is 0. The lowest BCUT2D eigenvalue weighted by Crippen LogP contribution is -2.30. The minimum atomic E-state index is -0.590. The molecule has 0 bridgehead atoms. The van der Waals surface area contributed by atoms with Crippen molar-refractivity contribution in [1.29, 1.82) is 0 Å². The maximum absolute atomic E-state index is 14.5. The molecular weight excluding hydrogens is 463 g/mol. The van der Waals surface area contributed by atoms with Crippen LogP contribution < -0.4 is 9.47 Å². The van der Waals surface area contributed by atoms with Crippen molar-refractivity contribution < 1.29 is 23.8 Å². The van der Waals surface area contributed by atoms with Crippen molar-refractivity contribution in [3.05, 3.63) is 66.5 Å². The molecule has 1 aliphatic rings. The van der Waals surface area contributed by atoms with E-state index in [2.05, 4.69) is 16.8 Å². The fraction of sp³-hybridized carbons (Fsp3) is 0.222. The summed E-state index contributed by atoms with van der Waals surface area (Å²) in [7, 11) is 1.39. The first-order valence-corrected chi connectivity index (χ1v) is 11.4. The lowest BCUT2D eigenvalue weighted by Gasteiger charge is -2.21. The monoisotopic (exact) mass is 486 g/mol. The SMILES string of the molecule is CC#CC(=O)N1CCCC1c1nc(-c2ccc(Oc3cccc(OC)c3F)cc2)c2c(O)nccn12. The van der Waals surface area contributed by atoms with E-state index >= 15 is 0 Å². The standard InChI is InChI=1S/C27H23FN4O4/c1-3-6-22(33)31-15-5-7-19(31)26-30-24(25-27(34)29-14-16-32(25)26)17-10-12-18(13-11-17)36-21-9-4-8-20(35-2)23(21)28/h4,8-14,16,19H,5,7,15H2,1-2H3,(H,29,34). The Morgan fingerprint density at radius 2 is 1.97 bits per heavy atom. The van der Waals surface area contributed by atoms with Crippen LogP contribution in [0.4, 0.5) is 4.39 Å². The van der Waals surface area contributed by atoms with Gasteiger partial charge in [-0.1, -0.05) is 12.0 Å². The van der Waals surface area contributed by atoms with Gasteiger partial charge in [-0.15, -0.1) is 0 Å². The van der Waals surface area contributed by atoms with E-state index in [-0.39, 0.29) is 29.3 Å². The molecule has 0 aliphatic carbocycles. The number of ether oxygens (including phenoxy) is 2. The van der Waals surface area contributed by atoms with Crippen molar-refractivity contribution in [3.8, 4) is 46.2 Å². The first-order valence-electron chi connectivity index (χ1n) is 11.4. The lowest BCUT2D eigenvalue weighted by molar-refractivity contribution is -0.126. The molecular formula is C27H23FN4O4.